The predicted octanol–water partition coefficient (Wildman–Crippen LogP) is 6.45. The van der Waals surface area contributed by atoms with Gasteiger partial charge in [-0.05, 0) is 42.3 Å². The van der Waals surface area contributed by atoms with Crippen LogP contribution in [0.1, 0.15) is 22.8 Å². The highest BCUT2D eigenvalue weighted by Crippen LogP contribution is 2.77. The third kappa shape index (κ3) is 3.06. The number of fused-ring (bicyclic) bond motifs is 5. The van der Waals surface area contributed by atoms with Crippen LogP contribution in [0.3, 0.4) is 0 Å². The molecule has 1 heterocycles. The van der Waals surface area contributed by atoms with E-state index in [0.29, 0.717) is 11.3 Å². The summed E-state index contributed by atoms with van der Waals surface area (Å²) in [5.41, 5.74) is 2.29. The number of imide groups is 1. The number of halogens is 6. The average Bonchev–Trinajstić information content (AvgIpc) is 3.23. The lowest BCUT2D eigenvalue weighted by atomic mass is 9.84. The molecule has 182 valence electrons. The number of hydrogen-bond acceptors (Lipinski definition) is 3. The Morgan fingerprint density at radius 3 is 1.91 bits per heavy atom. The van der Waals surface area contributed by atoms with Crippen LogP contribution < -0.4 is 10.2 Å². The van der Waals surface area contributed by atoms with Crippen molar-refractivity contribution in [1.82, 2.24) is 0 Å². The molecule has 5 rings (SSSR count). The van der Waals surface area contributed by atoms with Crippen LogP contribution in [-0.4, -0.2) is 31.8 Å². The van der Waals surface area contributed by atoms with E-state index in [-0.39, 0.29) is 21.7 Å². The summed E-state index contributed by atoms with van der Waals surface area (Å²) < 4.78 is -1.99. The lowest BCUT2D eigenvalue weighted by Crippen LogP contribution is -2.50. The minimum atomic E-state index is -1.99. The van der Waals surface area contributed by atoms with Crippen LogP contribution in [0, 0.1) is 11.8 Å². The second-order valence-corrected chi connectivity index (χ2v) is 11.9. The Kier molecular flexibility index (Phi) is 5.95. The molecular weight excluding hydrogens is 577 g/mol. The molecule has 3 aliphatic rings. The molecule has 0 spiro atoms. The number of benzene rings is 2. The van der Waals surface area contributed by atoms with E-state index < -0.39 is 37.7 Å². The molecule has 35 heavy (non-hydrogen) atoms. The highest BCUT2D eigenvalue weighted by atomic mass is 35.5. The molecule has 2 aromatic rings. The minimum Gasteiger partial charge on any atom is -0.322 e. The quantitative estimate of drug-likeness (QED) is 0.328. The number of hydrogen-bond donors (Lipinski definition) is 1. The van der Waals surface area contributed by atoms with E-state index in [1.807, 2.05) is 31.2 Å². The van der Waals surface area contributed by atoms with Gasteiger partial charge < -0.3 is 5.32 Å². The Morgan fingerprint density at radius 2 is 1.40 bits per heavy atom. The Balaban J connectivity index is 1.44. The van der Waals surface area contributed by atoms with Gasteiger partial charge in [-0.2, -0.15) is 0 Å². The van der Waals surface area contributed by atoms with Crippen LogP contribution in [0.5, 0.6) is 0 Å². The number of amides is 3. The van der Waals surface area contributed by atoms with Gasteiger partial charge in [0.15, 0.2) is 4.33 Å². The number of carbonyl (C=O) groups excluding carboxylic acids is 3. The van der Waals surface area contributed by atoms with E-state index >= 15 is 0 Å². The minimum absolute atomic E-state index is 0.149. The average molecular weight is 593 g/mol. The number of alkyl halides is 4. The second kappa shape index (κ2) is 8.27. The number of aryl methyl sites for hydroxylation is 1. The maximum atomic E-state index is 13.4. The highest BCUT2D eigenvalue weighted by molar-refractivity contribution is 6.67. The lowest BCUT2D eigenvalue weighted by Gasteiger charge is -2.34. The molecule has 4 atom stereocenters. The normalized spacial score (nSPS) is 30.8. The van der Waals surface area contributed by atoms with E-state index in [1.54, 1.807) is 0 Å². The first-order chi connectivity index (χ1) is 16.4. The van der Waals surface area contributed by atoms with Crippen molar-refractivity contribution in [2.45, 2.75) is 27.4 Å². The zero-order valence-corrected chi connectivity index (χ0v) is 22.5. The van der Waals surface area contributed by atoms with Crippen LogP contribution in [0.15, 0.2) is 58.6 Å². The monoisotopic (exact) mass is 590 g/mol. The first-order valence-corrected chi connectivity index (χ1v) is 12.9. The molecule has 3 amide bonds. The van der Waals surface area contributed by atoms with Crippen LogP contribution >= 0.6 is 69.6 Å². The van der Waals surface area contributed by atoms with Crippen LogP contribution in [-0.2, 0) is 16.0 Å². The molecule has 2 aromatic carbocycles. The van der Waals surface area contributed by atoms with Crippen molar-refractivity contribution in [2.24, 2.45) is 11.8 Å². The Bertz CT molecular complexity index is 1280. The van der Waals surface area contributed by atoms with Crippen LogP contribution in [0.25, 0.3) is 0 Å². The first kappa shape index (κ1) is 25.2. The maximum Gasteiger partial charge on any atom is 0.255 e. The van der Waals surface area contributed by atoms with Gasteiger partial charge in [0.1, 0.15) is 9.75 Å². The van der Waals surface area contributed by atoms with Crippen molar-refractivity contribution in [3.05, 3.63) is 69.7 Å². The SMILES string of the molecule is CCc1ccccc1NC(=O)c1ccc(N2C(=O)[C@H]3[C@H](C2=O)[C@@]2(Cl)C(Cl)=C(Cl)[C@@]3(Cl)C2(Cl)Cl)cc1. The molecular formula is C24H16Cl6N2O3. The Morgan fingerprint density at radius 1 is 0.886 bits per heavy atom. The van der Waals surface area contributed by atoms with Gasteiger partial charge in [0.05, 0.1) is 27.6 Å². The maximum absolute atomic E-state index is 13.4. The first-order valence-electron chi connectivity index (χ1n) is 10.6. The topological polar surface area (TPSA) is 66.5 Å². The molecule has 0 aromatic heterocycles. The summed E-state index contributed by atoms with van der Waals surface area (Å²) >= 11 is 39.1. The number of anilines is 2. The molecule has 2 bridgehead atoms. The van der Waals surface area contributed by atoms with Gasteiger partial charge in [-0.1, -0.05) is 71.5 Å². The zero-order valence-electron chi connectivity index (χ0n) is 17.9. The lowest BCUT2D eigenvalue weighted by molar-refractivity contribution is -0.123. The Hall–Kier alpha value is -1.47. The van der Waals surface area contributed by atoms with Crippen molar-refractivity contribution in [3.63, 3.8) is 0 Å². The van der Waals surface area contributed by atoms with E-state index in [9.17, 15) is 14.4 Å². The van der Waals surface area contributed by atoms with Crippen molar-refractivity contribution < 1.29 is 14.4 Å². The molecule has 1 aliphatic heterocycles. The van der Waals surface area contributed by atoms with Gasteiger partial charge in [-0.15, -0.1) is 23.2 Å². The molecule has 2 fully saturated rings. The molecule has 1 N–H and O–H groups in total. The third-order valence-electron chi connectivity index (χ3n) is 6.94. The largest absolute Gasteiger partial charge is 0.322 e. The van der Waals surface area contributed by atoms with Gasteiger partial charge in [0.2, 0.25) is 11.8 Å². The molecule has 1 saturated carbocycles. The van der Waals surface area contributed by atoms with Crippen LogP contribution in [0.2, 0.25) is 0 Å². The fraction of sp³-hybridized carbons (Fsp3) is 0.292. The van der Waals surface area contributed by atoms with E-state index in [0.717, 1.165) is 16.9 Å². The van der Waals surface area contributed by atoms with E-state index in [4.69, 9.17) is 69.6 Å². The van der Waals surface area contributed by atoms with Crippen LogP contribution in [0.4, 0.5) is 11.4 Å². The number of nitrogens with one attached hydrogen (secondary N) is 1. The van der Waals surface area contributed by atoms with Crippen molar-refractivity contribution in [1.29, 1.82) is 0 Å². The summed E-state index contributed by atoms with van der Waals surface area (Å²) in [5, 5.41) is 2.58. The van der Waals surface area contributed by atoms with Crippen molar-refractivity contribution >= 4 is 98.7 Å². The summed E-state index contributed by atoms with van der Waals surface area (Å²) in [6.07, 6.45) is 0.760. The summed E-state index contributed by atoms with van der Waals surface area (Å²) in [7, 11) is 0. The second-order valence-electron chi connectivity index (χ2n) is 8.60. The molecule has 2 aliphatic carbocycles. The summed E-state index contributed by atoms with van der Waals surface area (Å²) in [6.45, 7) is 2.00. The van der Waals surface area contributed by atoms with E-state index in [2.05, 4.69) is 5.32 Å². The summed E-state index contributed by atoms with van der Waals surface area (Å²) in [4.78, 5) is 36.9. The van der Waals surface area contributed by atoms with Crippen molar-refractivity contribution in [3.8, 4) is 0 Å². The van der Waals surface area contributed by atoms with Gasteiger partial charge in [-0.25, -0.2) is 4.90 Å². The van der Waals surface area contributed by atoms with Gasteiger partial charge in [-0.3, -0.25) is 14.4 Å². The standard InChI is InChI=1S/C24H16Cl6N2O3/c1-2-11-5-3-4-6-14(11)31-19(33)12-7-9-13(10-8-12)32-20(34)15-16(21(32)35)23(28)18(26)17(25)22(15,27)24(23,29)30/h3-10,15-16H,2H2,1H3,(H,31,33)/t15-,16-,22-,23-/m1/s1. The molecule has 0 radical (unpaired) electrons. The number of rotatable bonds is 4. The van der Waals surface area contributed by atoms with Gasteiger partial charge in [0, 0.05) is 11.3 Å². The molecule has 0 unspecified atom stereocenters. The predicted molar refractivity (Wildman–Crippen MR) is 140 cm³/mol. The molecule has 5 nitrogen and oxygen atoms in total. The van der Waals surface area contributed by atoms with Crippen molar-refractivity contribution in [2.75, 3.05) is 10.2 Å². The molecule has 11 heteroatoms. The zero-order chi connectivity index (χ0) is 25.5. The molecule has 1 saturated heterocycles. The summed E-state index contributed by atoms with van der Waals surface area (Å²) in [5.74, 6) is -4.07. The number of para-hydroxylation sites is 1. The third-order valence-corrected chi connectivity index (χ3v) is 11.2. The fourth-order valence-corrected chi connectivity index (χ4v) is 8.09. The fourth-order valence-electron chi connectivity index (χ4n) is 5.16. The van der Waals surface area contributed by atoms with E-state index in [1.165, 1.54) is 24.3 Å². The van der Waals surface area contributed by atoms with Gasteiger partial charge >= 0.3 is 0 Å². The number of allylic oxidation sites excluding steroid dienone is 2. The van der Waals surface area contributed by atoms with Gasteiger partial charge in [0.25, 0.3) is 5.91 Å². The summed E-state index contributed by atoms with van der Waals surface area (Å²) in [6, 6.07) is 13.5. The number of nitrogens with zero attached hydrogens (tertiary/aromatic N) is 1. The Labute approximate surface area is 231 Å². The smallest absolute Gasteiger partial charge is 0.255 e. The highest BCUT2D eigenvalue weighted by Gasteiger charge is 2.87. The number of carbonyl (C=O) groups is 3.